The summed E-state index contributed by atoms with van der Waals surface area (Å²) in [4.78, 5) is 17.2. The highest BCUT2D eigenvalue weighted by atomic mass is 16.1. The highest BCUT2D eigenvalue weighted by Crippen LogP contribution is 2.23. The summed E-state index contributed by atoms with van der Waals surface area (Å²) in [6.45, 7) is 3.74. The highest BCUT2D eigenvalue weighted by Gasteiger charge is 2.28. The number of nitrogens with zero attached hydrogens (tertiary/aromatic N) is 4. The number of para-hydroxylation sites is 1. The zero-order valence-corrected chi connectivity index (χ0v) is 11.5. The first-order valence-electron chi connectivity index (χ1n) is 7.36. The fourth-order valence-electron chi connectivity index (χ4n) is 3.24. The number of rotatable bonds is 1. The van der Waals surface area contributed by atoms with Crippen molar-refractivity contribution < 1.29 is 0 Å². The van der Waals surface area contributed by atoms with Gasteiger partial charge in [-0.05, 0) is 25.0 Å². The lowest BCUT2D eigenvalue weighted by molar-refractivity contribution is 0.211. The number of hydrogen-bond acceptors (Lipinski definition) is 4. The predicted molar refractivity (Wildman–Crippen MR) is 78.8 cm³/mol. The van der Waals surface area contributed by atoms with Crippen molar-refractivity contribution in [2.45, 2.75) is 25.8 Å². The second-order valence-corrected chi connectivity index (χ2v) is 5.52. The predicted octanol–water partition coefficient (Wildman–Crippen LogP) is 1.62. The van der Waals surface area contributed by atoms with E-state index in [4.69, 9.17) is 4.98 Å². The average Bonchev–Trinajstić information content (AvgIpc) is 2.92. The van der Waals surface area contributed by atoms with Crippen LogP contribution in [0.25, 0.3) is 10.9 Å². The molecule has 0 atom stereocenters. The summed E-state index contributed by atoms with van der Waals surface area (Å²) in [5, 5.41) is 5.27. The van der Waals surface area contributed by atoms with Crippen molar-refractivity contribution in [3.8, 4) is 0 Å². The number of benzene rings is 1. The molecule has 1 aromatic carbocycles. The average molecular weight is 270 g/mol. The van der Waals surface area contributed by atoms with Crippen molar-refractivity contribution >= 4 is 16.9 Å². The molecule has 0 radical (unpaired) electrons. The summed E-state index contributed by atoms with van der Waals surface area (Å²) < 4.78 is 1.82. The summed E-state index contributed by atoms with van der Waals surface area (Å²) in [7, 11) is 0. The van der Waals surface area contributed by atoms with Crippen LogP contribution in [0, 0.1) is 0 Å². The number of fused-ring (bicyclic) bond motifs is 2. The smallest absolute Gasteiger partial charge is 0.262 e. The van der Waals surface area contributed by atoms with Gasteiger partial charge in [0.15, 0.2) is 0 Å². The molecule has 2 aliphatic heterocycles. The molecule has 0 aliphatic carbocycles. The largest absolute Gasteiger partial charge is 0.275 e. The van der Waals surface area contributed by atoms with Crippen LogP contribution in [-0.4, -0.2) is 34.2 Å². The van der Waals surface area contributed by atoms with Crippen molar-refractivity contribution in [3.05, 3.63) is 34.6 Å². The van der Waals surface area contributed by atoms with Crippen molar-refractivity contribution in [1.82, 2.24) is 14.6 Å². The van der Waals surface area contributed by atoms with Gasteiger partial charge in [0, 0.05) is 19.6 Å². The molecule has 1 fully saturated rings. The zero-order valence-electron chi connectivity index (χ0n) is 11.5. The monoisotopic (exact) mass is 270 g/mol. The second kappa shape index (κ2) is 4.59. The Morgan fingerprint density at radius 1 is 0.950 bits per heavy atom. The van der Waals surface area contributed by atoms with E-state index in [0.29, 0.717) is 0 Å². The molecule has 0 amide bonds. The van der Waals surface area contributed by atoms with E-state index in [1.807, 2.05) is 28.8 Å². The van der Waals surface area contributed by atoms with E-state index >= 15 is 0 Å². The van der Waals surface area contributed by atoms with Gasteiger partial charge in [0.05, 0.1) is 17.4 Å². The van der Waals surface area contributed by atoms with E-state index in [1.165, 1.54) is 19.3 Å². The van der Waals surface area contributed by atoms with Crippen molar-refractivity contribution in [3.63, 3.8) is 0 Å². The summed E-state index contributed by atoms with van der Waals surface area (Å²) in [6.07, 6.45) is 3.77. The number of hydrazine groups is 1. The Bertz CT molecular complexity index is 703. The number of anilines is 1. The molecular formula is C15H18N4O. The summed E-state index contributed by atoms with van der Waals surface area (Å²) >= 11 is 0. The van der Waals surface area contributed by atoms with Gasteiger partial charge >= 0.3 is 0 Å². The fourth-order valence-corrected chi connectivity index (χ4v) is 3.24. The molecule has 5 nitrogen and oxygen atoms in total. The van der Waals surface area contributed by atoms with Crippen LogP contribution in [0.4, 0.5) is 5.95 Å². The molecule has 2 aromatic rings. The lowest BCUT2D eigenvalue weighted by atomic mass is 10.2. The van der Waals surface area contributed by atoms with Crippen LogP contribution in [0.5, 0.6) is 0 Å². The minimum atomic E-state index is 0.0881. The van der Waals surface area contributed by atoms with Crippen LogP contribution in [0.3, 0.4) is 0 Å². The van der Waals surface area contributed by atoms with E-state index in [0.717, 1.165) is 43.0 Å². The van der Waals surface area contributed by atoms with Gasteiger partial charge in [0.25, 0.3) is 5.56 Å². The lowest BCUT2D eigenvalue weighted by Gasteiger charge is -2.34. The van der Waals surface area contributed by atoms with Crippen LogP contribution in [0.1, 0.15) is 19.3 Å². The van der Waals surface area contributed by atoms with Crippen molar-refractivity contribution in [2.24, 2.45) is 0 Å². The highest BCUT2D eigenvalue weighted by molar-refractivity contribution is 5.78. The van der Waals surface area contributed by atoms with Crippen LogP contribution in [0.2, 0.25) is 0 Å². The van der Waals surface area contributed by atoms with Gasteiger partial charge in [-0.2, -0.15) is 0 Å². The standard InChI is InChI=1S/C15H18N4O/c20-14-12-6-2-3-7-13(12)16-15-18(14)10-11-19(15)17-8-4-1-5-9-17/h2-3,6-7H,1,4-5,8-11H2. The summed E-state index contributed by atoms with van der Waals surface area (Å²) in [6, 6.07) is 7.62. The lowest BCUT2D eigenvalue weighted by Crippen LogP contribution is -2.45. The van der Waals surface area contributed by atoms with E-state index in [9.17, 15) is 4.79 Å². The Kier molecular flexibility index (Phi) is 2.73. The zero-order chi connectivity index (χ0) is 13.5. The van der Waals surface area contributed by atoms with E-state index < -0.39 is 0 Å². The fraction of sp³-hybridized carbons (Fsp3) is 0.467. The molecule has 0 N–H and O–H groups in total. The normalized spacial score (nSPS) is 19.5. The first-order chi connectivity index (χ1) is 9.84. The van der Waals surface area contributed by atoms with Gasteiger partial charge in [0.1, 0.15) is 0 Å². The summed E-state index contributed by atoms with van der Waals surface area (Å²) in [5.41, 5.74) is 0.887. The van der Waals surface area contributed by atoms with Crippen molar-refractivity contribution in [1.29, 1.82) is 0 Å². The Hall–Kier alpha value is -1.88. The molecule has 2 aliphatic rings. The third kappa shape index (κ3) is 1.73. The molecule has 0 saturated carbocycles. The number of piperidine rings is 1. The van der Waals surface area contributed by atoms with Crippen LogP contribution >= 0.6 is 0 Å². The van der Waals surface area contributed by atoms with Crippen molar-refractivity contribution in [2.75, 3.05) is 24.6 Å². The molecule has 20 heavy (non-hydrogen) atoms. The number of hydrogen-bond donors (Lipinski definition) is 0. The third-order valence-electron chi connectivity index (χ3n) is 4.28. The minimum Gasteiger partial charge on any atom is -0.275 e. The molecule has 4 rings (SSSR count). The molecule has 0 spiro atoms. The summed E-state index contributed by atoms with van der Waals surface area (Å²) in [5.74, 6) is 0.815. The molecular weight excluding hydrogens is 252 g/mol. The SMILES string of the molecule is O=c1c2ccccc2nc2n1CCN2N1CCCCC1. The van der Waals surface area contributed by atoms with Gasteiger partial charge in [0.2, 0.25) is 5.95 Å². The van der Waals surface area contributed by atoms with Gasteiger partial charge in [-0.3, -0.25) is 14.4 Å². The first-order valence-corrected chi connectivity index (χ1v) is 7.36. The molecule has 104 valence electrons. The van der Waals surface area contributed by atoms with Gasteiger partial charge in [-0.1, -0.05) is 18.6 Å². The van der Waals surface area contributed by atoms with Crippen LogP contribution in [-0.2, 0) is 6.54 Å². The Morgan fingerprint density at radius 3 is 2.60 bits per heavy atom. The molecule has 5 heteroatoms. The van der Waals surface area contributed by atoms with Gasteiger partial charge in [-0.25, -0.2) is 9.99 Å². The molecule has 0 unspecified atom stereocenters. The van der Waals surface area contributed by atoms with Gasteiger partial charge in [-0.15, -0.1) is 0 Å². The second-order valence-electron chi connectivity index (χ2n) is 5.52. The number of aromatic nitrogens is 2. The third-order valence-corrected chi connectivity index (χ3v) is 4.28. The quantitative estimate of drug-likeness (QED) is 0.789. The Labute approximate surface area is 117 Å². The minimum absolute atomic E-state index is 0.0881. The van der Waals surface area contributed by atoms with Crippen LogP contribution in [0.15, 0.2) is 29.1 Å². The van der Waals surface area contributed by atoms with E-state index in [-0.39, 0.29) is 5.56 Å². The Balaban J connectivity index is 1.82. The topological polar surface area (TPSA) is 41.4 Å². The maximum absolute atomic E-state index is 12.5. The van der Waals surface area contributed by atoms with E-state index in [2.05, 4.69) is 10.0 Å². The first kappa shape index (κ1) is 11.9. The Morgan fingerprint density at radius 2 is 1.75 bits per heavy atom. The maximum atomic E-state index is 12.5. The van der Waals surface area contributed by atoms with Gasteiger partial charge < -0.3 is 0 Å². The molecule has 0 bridgehead atoms. The maximum Gasteiger partial charge on any atom is 0.262 e. The van der Waals surface area contributed by atoms with Crippen LogP contribution < -0.4 is 10.6 Å². The molecule has 1 saturated heterocycles. The van der Waals surface area contributed by atoms with E-state index in [1.54, 1.807) is 0 Å². The molecule has 3 heterocycles. The molecule has 1 aromatic heterocycles.